The fourth-order valence-corrected chi connectivity index (χ4v) is 0.930. The van der Waals surface area contributed by atoms with Crippen LogP contribution in [0.2, 0.25) is 0 Å². The van der Waals surface area contributed by atoms with E-state index in [-0.39, 0.29) is 6.03 Å². The molecule has 0 unspecified atom stereocenters. The molecule has 2 bridgehead atoms. The third kappa shape index (κ3) is 0.719. The highest BCUT2D eigenvalue weighted by atomic mass is 16.2. The maximum atomic E-state index is 10.8. The highest BCUT2D eigenvalue weighted by Crippen LogP contribution is 2.17. The molecule has 1 aromatic carbocycles. The summed E-state index contributed by atoms with van der Waals surface area (Å²) in [6, 6.07) is 7.25. The van der Waals surface area contributed by atoms with Crippen molar-refractivity contribution < 1.29 is 4.79 Å². The molecule has 0 aromatic heterocycles. The van der Waals surface area contributed by atoms with Gasteiger partial charge >= 0.3 is 6.03 Å². The molecule has 50 valence electrons. The van der Waals surface area contributed by atoms with Gasteiger partial charge in [0, 0.05) is 11.4 Å². The lowest BCUT2D eigenvalue weighted by Gasteiger charge is -1.96. The number of hydrogen-bond acceptors (Lipinski definition) is 1. The quantitative estimate of drug-likeness (QED) is 0.556. The van der Waals surface area contributed by atoms with Crippen LogP contribution < -0.4 is 10.6 Å². The Morgan fingerprint density at radius 3 is 1.70 bits per heavy atom. The number of urea groups is 1. The number of nitrogens with one attached hydrogen (secondary N) is 2. The zero-order chi connectivity index (χ0) is 6.97. The Balaban J connectivity index is 2.53. The van der Waals surface area contributed by atoms with E-state index in [2.05, 4.69) is 10.6 Å². The molecule has 0 aliphatic carbocycles. The molecular weight excluding hydrogens is 128 g/mol. The van der Waals surface area contributed by atoms with Gasteiger partial charge in [-0.3, -0.25) is 0 Å². The molecule has 2 amide bonds. The molecule has 2 aliphatic rings. The summed E-state index contributed by atoms with van der Waals surface area (Å²) in [6.45, 7) is 0. The number of anilines is 2. The minimum absolute atomic E-state index is 0.167. The number of carbonyl (C=O) groups excluding carboxylic acids is 1. The van der Waals surface area contributed by atoms with Gasteiger partial charge in [-0.25, -0.2) is 4.79 Å². The minimum Gasteiger partial charge on any atom is -0.308 e. The maximum absolute atomic E-state index is 10.8. The van der Waals surface area contributed by atoms with Gasteiger partial charge in [-0.05, 0) is 24.3 Å². The molecule has 2 heterocycles. The predicted molar refractivity (Wildman–Crippen MR) is 39.1 cm³/mol. The number of carbonyl (C=O) groups is 1. The Labute approximate surface area is 58.1 Å². The van der Waals surface area contributed by atoms with E-state index < -0.39 is 0 Å². The van der Waals surface area contributed by atoms with Gasteiger partial charge in [-0.2, -0.15) is 0 Å². The SMILES string of the molecule is O=C1Nc2ccc(cc2)N1. The summed E-state index contributed by atoms with van der Waals surface area (Å²) in [6.07, 6.45) is 0. The van der Waals surface area contributed by atoms with Crippen LogP contribution in [0.3, 0.4) is 0 Å². The normalized spacial score (nSPS) is 13.8. The van der Waals surface area contributed by atoms with Gasteiger partial charge in [0.1, 0.15) is 0 Å². The van der Waals surface area contributed by atoms with E-state index in [4.69, 9.17) is 0 Å². The molecular formula is C7H6N2O. The summed E-state index contributed by atoms with van der Waals surface area (Å²) in [7, 11) is 0. The number of rotatable bonds is 0. The summed E-state index contributed by atoms with van der Waals surface area (Å²) < 4.78 is 0. The van der Waals surface area contributed by atoms with Crippen molar-refractivity contribution in [3.8, 4) is 0 Å². The summed E-state index contributed by atoms with van der Waals surface area (Å²) in [5.74, 6) is 0. The van der Waals surface area contributed by atoms with Gasteiger partial charge in [-0.1, -0.05) is 0 Å². The van der Waals surface area contributed by atoms with E-state index >= 15 is 0 Å². The Kier molecular flexibility index (Phi) is 0.917. The van der Waals surface area contributed by atoms with Crippen LogP contribution in [0.25, 0.3) is 0 Å². The molecule has 3 rings (SSSR count). The molecule has 1 aromatic rings. The van der Waals surface area contributed by atoms with E-state index in [0.29, 0.717) is 0 Å². The topological polar surface area (TPSA) is 41.1 Å². The fraction of sp³-hybridized carbons (Fsp3) is 0. The zero-order valence-corrected chi connectivity index (χ0v) is 5.22. The smallest absolute Gasteiger partial charge is 0.308 e. The second-order valence-electron chi connectivity index (χ2n) is 2.16. The van der Waals surface area contributed by atoms with E-state index in [0.717, 1.165) is 11.4 Å². The van der Waals surface area contributed by atoms with Crippen LogP contribution in [0, 0.1) is 0 Å². The maximum Gasteiger partial charge on any atom is 0.323 e. The standard InChI is InChI=1S/C7H6N2O/c10-7-8-5-1-2-6(9-7)4-3-5/h1-4H,(H2,8,9,10). The number of benzene rings is 1. The number of fused-ring (bicyclic) bond motifs is 4. The largest absolute Gasteiger partial charge is 0.323 e. The van der Waals surface area contributed by atoms with E-state index in [1.54, 1.807) is 0 Å². The van der Waals surface area contributed by atoms with E-state index in [1.165, 1.54) is 0 Å². The van der Waals surface area contributed by atoms with Crippen LogP contribution in [0.1, 0.15) is 0 Å². The van der Waals surface area contributed by atoms with E-state index in [9.17, 15) is 4.79 Å². The third-order valence-corrected chi connectivity index (χ3v) is 1.40. The average Bonchev–Trinajstić information content (AvgIpc) is 2.17. The summed E-state index contributed by atoms with van der Waals surface area (Å²) >= 11 is 0. The molecule has 0 radical (unpaired) electrons. The van der Waals surface area contributed by atoms with Crippen molar-refractivity contribution in [3.63, 3.8) is 0 Å². The van der Waals surface area contributed by atoms with Crippen LogP contribution in [-0.2, 0) is 0 Å². The van der Waals surface area contributed by atoms with Crippen molar-refractivity contribution in [3.05, 3.63) is 24.3 Å². The second kappa shape index (κ2) is 1.73. The highest BCUT2D eigenvalue weighted by molar-refractivity contribution is 6.01. The first-order chi connectivity index (χ1) is 4.84. The van der Waals surface area contributed by atoms with Gasteiger partial charge in [0.15, 0.2) is 0 Å². The van der Waals surface area contributed by atoms with Crippen LogP contribution >= 0.6 is 0 Å². The Morgan fingerprint density at radius 2 is 1.30 bits per heavy atom. The molecule has 0 atom stereocenters. The first-order valence-electron chi connectivity index (χ1n) is 3.03. The lowest BCUT2D eigenvalue weighted by atomic mass is 10.3. The second-order valence-corrected chi connectivity index (χ2v) is 2.16. The van der Waals surface area contributed by atoms with Crippen molar-refractivity contribution in [1.29, 1.82) is 0 Å². The van der Waals surface area contributed by atoms with Crippen LogP contribution in [0.5, 0.6) is 0 Å². The Bertz CT molecular complexity index is 238. The Hall–Kier alpha value is -1.51. The zero-order valence-electron chi connectivity index (χ0n) is 5.22. The minimum atomic E-state index is -0.167. The molecule has 3 heteroatoms. The van der Waals surface area contributed by atoms with Crippen molar-refractivity contribution in [1.82, 2.24) is 0 Å². The summed E-state index contributed by atoms with van der Waals surface area (Å²) in [4.78, 5) is 10.8. The number of hydrogen-bond donors (Lipinski definition) is 2. The van der Waals surface area contributed by atoms with Crippen molar-refractivity contribution >= 4 is 17.4 Å². The Morgan fingerprint density at radius 1 is 0.900 bits per heavy atom. The van der Waals surface area contributed by atoms with Gasteiger partial charge in [0.05, 0.1) is 0 Å². The summed E-state index contributed by atoms with van der Waals surface area (Å²) in [5, 5.41) is 5.28. The first kappa shape index (κ1) is 5.29. The molecule has 10 heavy (non-hydrogen) atoms. The fourth-order valence-electron chi connectivity index (χ4n) is 0.930. The van der Waals surface area contributed by atoms with Crippen LogP contribution in [0.15, 0.2) is 24.3 Å². The predicted octanol–water partition coefficient (Wildman–Crippen LogP) is 1.64. The molecule has 2 N–H and O–H groups in total. The lowest BCUT2D eigenvalue weighted by molar-refractivity contribution is 0.262. The third-order valence-electron chi connectivity index (χ3n) is 1.40. The van der Waals surface area contributed by atoms with Gasteiger partial charge in [0.2, 0.25) is 0 Å². The molecule has 0 spiro atoms. The average molecular weight is 134 g/mol. The van der Waals surface area contributed by atoms with Crippen molar-refractivity contribution in [2.24, 2.45) is 0 Å². The van der Waals surface area contributed by atoms with Gasteiger partial charge < -0.3 is 10.6 Å². The van der Waals surface area contributed by atoms with Gasteiger partial charge in [0.25, 0.3) is 0 Å². The summed E-state index contributed by atoms with van der Waals surface area (Å²) in [5.41, 5.74) is 1.66. The molecule has 0 saturated carbocycles. The molecule has 0 fully saturated rings. The molecule has 2 aliphatic heterocycles. The van der Waals surface area contributed by atoms with Crippen LogP contribution in [-0.4, -0.2) is 6.03 Å². The lowest BCUT2D eigenvalue weighted by Crippen LogP contribution is -2.16. The van der Waals surface area contributed by atoms with E-state index in [1.807, 2.05) is 24.3 Å². The van der Waals surface area contributed by atoms with Crippen molar-refractivity contribution in [2.45, 2.75) is 0 Å². The molecule has 0 saturated heterocycles. The van der Waals surface area contributed by atoms with Gasteiger partial charge in [-0.15, -0.1) is 0 Å². The van der Waals surface area contributed by atoms with Crippen molar-refractivity contribution in [2.75, 3.05) is 10.6 Å². The number of amides is 2. The van der Waals surface area contributed by atoms with Crippen LogP contribution in [0.4, 0.5) is 16.2 Å². The first-order valence-corrected chi connectivity index (χ1v) is 3.03. The highest BCUT2D eigenvalue weighted by Gasteiger charge is 2.06. The molecule has 3 nitrogen and oxygen atoms in total. The monoisotopic (exact) mass is 134 g/mol.